The van der Waals surface area contributed by atoms with Gasteiger partial charge in [-0.25, -0.2) is 14.4 Å². The zero-order chi connectivity index (χ0) is 15.5. The lowest BCUT2D eigenvalue weighted by Gasteiger charge is -2.10. The normalized spacial score (nSPS) is 13.3. The Morgan fingerprint density at radius 3 is 3.05 bits per heavy atom. The van der Waals surface area contributed by atoms with Crippen LogP contribution in [0.2, 0.25) is 0 Å². The number of oxime groups is 1. The van der Waals surface area contributed by atoms with Crippen LogP contribution in [0.1, 0.15) is 16.7 Å². The second-order valence-electron chi connectivity index (χ2n) is 4.87. The Balaban J connectivity index is 1.92. The quantitative estimate of drug-likeness (QED) is 0.536. The van der Waals surface area contributed by atoms with Gasteiger partial charge in [-0.1, -0.05) is 11.2 Å². The predicted molar refractivity (Wildman–Crippen MR) is 81.1 cm³/mol. The van der Waals surface area contributed by atoms with Gasteiger partial charge in [0, 0.05) is 36.4 Å². The maximum Gasteiger partial charge on any atom is 0.165 e. The van der Waals surface area contributed by atoms with Gasteiger partial charge in [0.15, 0.2) is 17.4 Å². The molecule has 1 aromatic heterocycles. The highest BCUT2D eigenvalue weighted by atomic mass is 19.1. The topological polar surface area (TPSA) is 67.1 Å². The molecule has 0 radical (unpaired) electrons. The largest absolute Gasteiger partial charge is 0.494 e. The number of ether oxygens (including phenoxy) is 1. The Hall–Kier alpha value is -2.76. The molecule has 0 bridgehead atoms. The zero-order valence-corrected chi connectivity index (χ0v) is 12.0. The number of aliphatic imine (C=N–C) groups is 1. The molecular formula is C16H14FN3O2. The van der Waals surface area contributed by atoms with Crippen molar-refractivity contribution in [3.05, 3.63) is 53.0 Å². The molecule has 1 aliphatic heterocycles. The number of nitrogens with zero attached hydrogens (tertiary/aromatic N) is 3. The molecule has 112 valence electrons. The van der Waals surface area contributed by atoms with Crippen molar-refractivity contribution in [2.75, 3.05) is 7.11 Å². The molecule has 0 unspecified atom stereocenters. The highest BCUT2D eigenvalue weighted by molar-refractivity contribution is 6.04. The van der Waals surface area contributed by atoms with Crippen LogP contribution in [0, 0.1) is 5.82 Å². The maximum atomic E-state index is 13.5. The van der Waals surface area contributed by atoms with E-state index >= 15 is 0 Å². The van der Waals surface area contributed by atoms with E-state index in [4.69, 9.17) is 4.74 Å². The average Bonchev–Trinajstić information content (AvgIpc) is 3.02. The molecule has 0 saturated heterocycles. The Morgan fingerprint density at radius 2 is 2.27 bits per heavy atom. The minimum atomic E-state index is -0.424. The van der Waals surface area contributed by atoms with Gasteiger partial charge < -0.3 is 9.94 Å². The van der Waals surface area contributed by atoms with Crippen LogP contribution in [0.25, 0.3) is 0 Å². The van der Waals surface area contributed by atoms with Crippen LogP contribution in [-0.2, 0) is 12.8 Å². The minimum Gasteiger partial charge on any atom is -0.494 e. The zero-order valence-electron chi connectivity index (χ0n) is 12.0. The number of fused-ring (bicyclic) bond motifs is 1. The Morgan fingerprint density at radius 1 is 1.41 bits per heavy atom. The number of hydrogen-bond donors (Lipinski definition) is 1. The van der Waals surface area contributed by atoms with E-state index in [1.165, 1.54) is 13.2 Å². The summed E-state index contributed by atoms with van der Waals surface area (Å²) in [5.41, 5.74) is 3.01. The Kier molecular flexibility index (Phi) is 3.82. The molecule has 5 nitrogen and oxygen atoms in total. The number of rotatable bonds is 4. The van der Waals surface area contributed by atoms with Gasteiger partial charge in [0.1, 0.15) is 0 Å². The highest BCUT2D eigenvalue weighted by Gasteiger charge is 2.18. The van der Waals surface area contributed by atoms with Gasteiger partial charge in [0.25, 0.3) is 0 Å². The summed E-state index contributed by atoms with van der Waals surface area (Å²) in [6.07, 6.45) is 4.41. The molecule has 0 aliphatic carbocycles. The number of methoxy groups -OCH3 is 1. The lowest BCUT2D eigenvalue weighted by Crippen LogP contribution is -2.09. The summed E-state index contributed by atoms with van der Waals surface area (Å²) in [5.74, 6) is 0.389. The second-order valence-corrected chi connectivity index (χ2v) is 4.87. The van der Waals surface area contributed by atoms with Gasteiger partial charge in [0.2, 0.25) is 0 Å². The lowest BCUT2D eigenvalue weighted by molar-refractivity contribution is 0.318. The Labute approximate surface area is 126 Å². The van der Waals surface area contributed by atoms with Crippen LogP contribution >= 0.6 is 0 Å². The lowest BCUT2D eigenvalue weighted by atomic mass is 9.98. The fourth-order valence-electron chi connectivity index (χ4n) is 2.48. The molecule has 0 atom stereocenters. The molecule has 2 aromatic rings. The van der Waals surface area contributed by atoms with E-state index in [0.717, 1.165) is 16.7 Å². The summed E-state index contributed by atoms with van der Waals surface area (Å²) in [6, 6.07) is 6.37. The molecule has 3 rings (SSSR count). The van der Waals surface area contributed by atoms with Crippen molar-refractivity contribution >= 4 is 17.7 Å². The fourth-order valence-corrected chi connectivity index (χ4v) is 2.48. The molecule has 6 heteroatoms. The van der Waals surface area contributed by atoms with E-state index in [1.807, 2.05) is 0 Å². The summed E-state index contributed by atoms with van der Waals surface area (Å²) < 4.78 is 18.4. The van der Waals surface area contributed by atoms with Crippen molar-refractivity contribution in [2.24, 2.45) is 10.1 Å². The van der Waals surface area contributed by atoms with E-state index < -0.39 is 5.82 Å². The van der Waals surface area contributed by atoms with Gasteiger partial charge in [0.05, 0.1) is 12.8 Å². The first-order chi connectivity index (χ1) is 10.7. The monoisotopic (exact) mass is 299 g/mol. The Bertz CT molecular complexity index is 772. The van der Waals surface area contributed by atoms with Crippen LogP contribution in [0.3, 0.4) is 0 Å². The molecule has 1 aliphatic rings. The molecule has 0 spiro atoms. The van der Waals surface area contributed by atoms with Crippen molar-refractivity contribution in [2.45, 2.75) is 12.8 Å². The minimum absolute atomic E-state index is 0.165. The van der Waals surface area contributed by atoms with E-state index in [2.05, 4.69) is 15.1 Å². The first-order valence-electron chi connectivity index (χ1n) is 6.77. The van der Waals surface area contributed by atoms with Crippen molar-refractivity contribution in [1.82, 2.24) is 4.98 Å². The molecule has 1 aromatic carbocycles. The van der Waals surface area contributed by atoms with Crippen molar-refractivity contribution in [3.8, 4) is 5.75 Å². The molecule has 22 heavy (non-hydrogen) atoms. The van der Waals surface area contributed by atoms with E-state index in [0.29, 0.717) is 24.4 Å². The number of aromatic nitrogens is 1. The van der Waals surface area contributed by atoms with Gasteiger partial charge >= 0.3 is 0 Å². The fraction of sp³-hybridized carbons (Fsp3) is 0.188. The first-order valence-corrected chi connectivity index (χ1v) is 6.77. The number of hydrogen-bond acceptors (Lipinski definition) is 5. The van der Waals surface area contributed by atoms with Gasteiger partial charge in [-0.05, 0) is 23.8 Å². The standard InChI is InChI=1S/C16H14FN3O2/c1-22-15-9-10(2-3-13(15)17)8-14(20-21)11-4-6-18-16-12(11)5-7-19-16/h2-4,6-7,9,21H,5,8H2,1H3/b20-14+. The van der Waals surface area contributed by atoms with Crippen LogP contribution in [0.15, 0.2) is 40.6 Å². The summed E-state index contributed by atoms with van der Waals surface area (Å²) in [5, 5.41) is 12.8. The molecule has 0 saturated carbocycles. The smallest absolute Gasteiger partial charge is 0.165 e. The molecular weight excluding hydrogens is 285 g/mol. The van der Waals surface area contributed by atoms with Crippen molar-refractivity contribution in [3.63, 3.8) is 0 Å². The van der Waals surface area contributed by atoms with Gasteiger partial charge in [-0.3, -0.25) is 0 Å². The third kappa shape index (κ3) is 2.55. The van der Waals surface area contributed by atoms with E-state index in [1.54, 1.807) is 30.6 Å². The molecule has 0 fully saturated rings. The summed E-state index contributed by atoms with van der Waals surface area (Å²) in [6.45, 7) is 0. The van der Waals surface area contributed by atoms with Crippen LogP contribution in [0.5, 0.6) is 5.75 Å². The predicted octanol–water partition coefficient (Wildman–Crippen LogP) is 2.91. The molecule has 0 amide bonds. The first kappa shape index (κ1) is 14.2. The second kappa shape index (κ2) is 5.93. The third-order valence-corrected chi connectivity index (χ3v) is 3.56. The molecule has 2 heterocycles. The molecule has 1 N–H and O–H groups in total. The van der Waals surface area contributed by atoms with E-state index in [-0.39, 0.29) is 5.75 Å². The van der Waals surface area contributed by atoms with Crippen molar-refractivity contribution in [1.29, 1.82) is 0 Å². The van der Waals surface area contributed by atoms with Crippen LogP contribution in [0.4, 0.5) is 10.2 Å². The SMILES string of the molecule is COc1cc(C/C(=N\O)c2ccnc3c2CC=N3)ccc1F. The average molecular weight is 299 g/mol. The number of halogens is 1. The van der Waals surface area contributed by atoms with Gasteiger partial charge in [-0.2, -0.15) is 0 Å². The van der Waals surface area contributed by atoms with Crippen LogP contribution < -0.4 is 4.74 Å². The highest BCUT2D eigenvalue weighted by Crippen LogP contribution is 2.26. The maximum absolute atomic E-state index is 13.5. The number of pyridine rings is 1. The summed E-state index contributed by atoms with van der Waals surface area (Å²) >= 11 is 0. The number of benzene rings is 1. The summed E-state index contributed by atoms with van der Waals surface area (Å²) in [7, 11) is 1.41. The third-order valence-electron chi connectivity index (χ3n) is 3.56. The van der Waals surface area contributed by atoms with Gasteiger partial charge in [-0.15, -0.1) is 0 Å². The van der Waals surface area contributed by atoms with E-state index in [9.17, 15) is 9.60 Å². The summed E-state index contributed by atoms with van der Waals surface area (Å²) in [4.78, 5) is 8.36. The van der Waals surface area contributed by atoms with Crippen LogP contribution in [-0.4, -0.2) is 29.2 Å². The van der Waals surface area contributed by atoms with Crippen molar-refractivity contribution < 1.29 is 14.3 Å².